The van der Waals surface area contributed by atoms with Gasteiger partial charge in [0.25, 0.3) is 0 Å². The van der Waals surface area contributed by atoms with Crippen LogP contribution in [0.4, 0.5) is 4.39 Å². The minimum absolute atomic E-state index is 0.0331. The van der Waals surface area contributed by atoms with Crippen LogP contribution in [-0.4, -0.2) is 17.3 Å². The van der Waals surface area contributed by atoms with Crippen molar-refractivity contribution in [1.29, 1.82) is 0 Å². The molecule has 0 heterocycles. The molecule has 2 atom stereocenters. The quantitative estimate of drug-likeness (QED) is 0.547. The second-order valence-corrected chi connectivity index (χ2v) is 6.37. The van der Waals surface area contributed by atoms with E-state index >= 15 is 0 Å². The summed E-state index contributed by atoms with van der Waals surface area (Å²) in [7, 11) is 0. The standard InChI is InChI=1S/C18H24ClFO3/c1-11(2)16(21)8-6-7-12(3)18(23)15(20)10-9-13(4)17(22)14(5)19/h6,8,10-13H,5,7,9H2,1-4H3/b8-6-,15-10+. The number of allylic oxidation sites excluding steroid dienone is 5. The number of carbonyl (C=O) groups is 3. The number of halogens is 2. The Labute approximate surface area is 142 Å². The third kappa shape index (κ3) is 8.03. The zero-order valence-electron chi connectivity index (χ0n) is 14.1. The molecule has 0 aliphatic heterocycles. The summed E-state index contributed by atoms with van der Waals surface area (Å²) in [6.07, 6.45) is 4.47. The molecule has 0 radical (unpaired) electrons. The lowest BCUT2D eigenvalue weighted by Gasteiger charge is -2.08. The molecular weight excluding hydrogens is 319 g/mol. The van der Waals surface area contributed by atoms with Gasteiger partial charge in [-0.15, -0.1) is 0 Å². The first-order chi connectivity index (χ1) is 10.6. The molecule has 0 aromatic carbocycles. The molecule has 0 aliphatic rings. The smallest absolute Gasteiger partial charge is 0.193 e. The summed E-state index contributed by atoms with van der Waals surface area (Å²) >= 11 is 5.50. The normalized spacial score (nSPS) is 14.8. The molecule has 0 fully saturated rings. The van der Waals surface area contributed by atoms with Crippen molar-refractivity contribution in [2.45, 2.75) is 40.5 Å². The van der Waals surface area contributed by atoms with Crippen molar-refractivity contribution in [3.8, 4) is 0 Å². The van der Waals surface area contributed by atoms with Crippen LogP contribution in [0.25, 0.3) is 0 Å². The Morgan fingerprint density at radius 1 is 1.04 bits per heavy atom. The van der Waals surface area contributed by atoms with Crippen molar-refractivity contribution in [1.82, 2.24) is 0 Å². The number of hydrogen-bond acceptors (Lipinski definition) is 3. The number of carbonyl (C=O) groups excluding carboxylic acids is 3. The van der Waals surface area contributed by atoms with E-state index in [2.05, 4.69) is 6.58 Å². The first-order valence-electron chi connectivity index (χ1n) is 7.56. The van der Waals surface area contributed by atoms with E-state index in [0.29, 0.717) is 0 Å². The minimum atomic E-state index is -0.874. The van der Waals surface area contributed by atoms with E-state index < -0.39 is 23.4 Å². The second-order valence-electron chi connectivity index (χ2n) is 5.92. The summed E-state index contributed by atoms with van der Waals surface area (Å²) in [6, 6.07) is 0. The first-order valence-corrected chi connectivity index (χ1v) is 7.94. The molecule has 3 nitrogen and oxygen atoms in total. The number of hydrogen-bond donors (Lipinski definition) is 0. The average molecular weight is 343 g/mol. The number of rotatable bonds is 10. The highest BCUT2D eigenvalue weighted by Gasteiger charge is 2.19. The molecule has 2 unspecified atom stereocenters. The van der Waals surface area contributed by atoms with E-state index in [9.17, 15) is 18.8 Å². The molecule has 0 saturated heterocycles. The lowest BCUT2D eigenvalue weighted by Crippen LogP contribution is -2.13. The van der Waals surface area contributed by atoms with Gasteiger partial charge in [-0.2, -0.15) is 0 Å². The van der Waals surface area contributed by atoms with Crippen LogP contribution < -0.4 is 0 Å². The summed E-state index contributed by atoms with van der Waals surface area (Å²) in [5.74, 6) is -3.13. The molecule has 0 N–H and O–H groups in total. The van der Waals surface area contributed by atoms with E-state index in [1.54, 1.807) is 33.8 Å². The van der Waals surface area contributed by atoms with Crippen LogP contribution >= 0.6 is 11.6 Å². The predicted octanol–water partition coefficient (Wildman–Crippen LogP) is 4.56. The van der Waals surface area contributed by atoms with Crippen molar-refractivity contribution in [3.63, 3.8) is 0 Å². The summed E-state index contributed by atoms with van der Waals surface area (Å²) in [4.78, 5) is 34.8. The van der Waals surface area contributed by atoms with Gasteiger partial charge in [0, 0.05) is 17.8 Å². The SMILES string of the molecule is C=C(Cl)C(=O)C(C)C/C=C(/F)C(=O)C(C)C/C=C\C(=O)C(C)C. The second kappa shape index (κ2) is 10.3. The Bertz CT molecular complexity index is 532. The fraction of sp³-hybridized carbons (Fsp3) is 0.500. The van der Waals surface area contributed by atoms with Gasteiger partial charge in [-0.1, -0.05) is 52.0 Å². The Hall–Kier alpha value is -1.55. The van der Waals surface area contributed by atoms with Gasteiger partial charge in [0.1, 0.15) is 0 Å². The van der Waals surface area contributed by atoms with Crippen LogP contribution in [0.2, 0.25) is 0 Å². The monoisotopic (exact) mass is 342 g/mol. The number of Topliss-reactive ketones (excluding diaryl/α,β-unsaturated/α-hetero) is 2. The zero-order valence-corrected chi connectivity index (χ0v) is 14.8. The van der Waals surface area contributed by atoms with E-state index in [1.165, 1.54) is 6.08 Å². The minimum Gasteiger partial charge on any atom is -0.295 e. The molecule has 128 valence electrons. The van der Waals surface area contributed by atoms with Gasteiger partial charge < -0.3 is 0 Å². The van der Waals surface area contributed by atoms with Crippen LogP contribution in [-0.2, 0) is 14.4 Å². The number of ketones is 3. The van der Waals surface area contributed by atoms with Crippen LogP contribution in [0.1, 0.15) is 40.5 Å². The van der Waals surface area contributed by atoms with E-state index in [1.807, 2.05) is 0 Å². The first kappa shape index (κ1) is 21.4. The summed E-state index contributed by atoms with van der Waals surface area (Å²) in [5, 5.41) is -0.106. The fourth-order valence-corrected chi connectivity index (χ4v) is 1.86. The van der Waals surface area contributed by atoms with Gasteiger partial charge in [-0.3, -0.25) is 14.4 Å². The molecular formula is C18H24ClFO3. The maximum absolute atomic E-state index is 13.8. The van der Waals surface area contributed by atoms with Crippen molar-refractivity contribution >= 4 is 29.0 Å². The molecule has 5 heteroatoms. The topological polar surface area (TPSA) is 51.2 Å². The third-order valence-electron chi connectivity index (χ3n) is 3.39. The highest BCUT2D eigenvalue weighted by atomic mass is 35.5. The molecule has 0 spiro atoms. The molecule has 0 aliphatic carbocycles. The third-order valence-corrected chi connectivity index (χ3v) is 3.58. The van der Waals surface area contributed by atoms with Gasteiger partial charge >= 0.3 is 0 Å². The van der Waals surface area contributed by atoms with E-state index in [-0.39, 0.29) is 35.4 Å². The molecule has 0 bridgehead atoms. The van der Waals surface area contributed by atoms with E-state index in [4.69, 9.17) is 11.6 Å². The van der Waals surface area contributed by atoms with Crippen molar-refractivity contribution in [2.75, 3.05) is 0 Å². The Kier molecular flexibility index (Phi) is 9.58. The van der Waals surface area contributed by atoms with Crippen molar-refractivity contribution < 1.29 is 18.8 Å². The van der Waals surface area contributed by atoms with Gasteiger partial charge in [0.15, 0.2) is 23.2 Å². The molecule has 0 aromatic rings. The van der Waals surface area contributed by atoms with Crippen molar-refractivity contribution in [2.24, 2.45) is 17.8 Å². The van der Waals surface area contributed by atoms with Gasteiger partial charge in [-0.25, -0.2) is 4.39 Å². The summed E-state index contributed by atoms with van der Waals surface area (Å²) < 4.78 is 13.8. The van der Waals surface area contributed by atoms with Gasteiger partial charge in [-0.05, 0) is 25.0 Å². The van der Waals surface area contributed by atoms with Crippen LogP contribution in [0.3, 0.4) is 0 Å². The van der Waals surface area contributed by atoms with Gasteiger partial charge in [0.2, 0.25) is 0 Å². The molecule has 23 heavy (non-hydrogen) atoms. The Morgan fingerprint density at radius 2 is 1.57 bits per heavy atom. The molecule has 0 saturated carbocycles. The zero-order chi connectivity index (χ0) is 18.2. The average Bonchev–Trinajstić information content (AvgIpc) is 2.49. The highest BCUT2D eigenvalue weighted by Crippen LogP contribution is 2.17. The maximum Gasteiger partial charge on any atom is 0.193 e. The molecule has 0 amide bonds. The summed E-state index contributed by atoms with van der Waals surface area (Å²) in [5.41, 5.74) is 0. The van der Waals surface area contributed by atoms with E-state index in [0.717, 1.165) is 6.08 Å². The predicted molar refractivity (Wildman–Crippen MR) is 90.7 cm³/mol. The van der Waals surface area contributed by atoms with Gasteiger partial charge in [0.05, 0.1) is 5.03 Å². The fourth-order valence-electron chi connectivity index (χ4n) is 1.68. The van der Waals surface area contributed by atoms with Crippen LogP contribution in [0.5, 0.6) is 0 Å². The molecule has 0 rings (SSSR count). The lowest BCUT2D eigenvalue weighted by atomic mass is 9.97. The Balaban J connectivity index is 4.58. The maximum atomic E-state index is 13.8. The largest absolute Gasteiger partial charge is 0.295 e. The Morgan fingerprint density at radius 3 is 2.04 bits per heavy atom. The lowest BCUT2D eigenvalue weighted by molar-refractivity contribution is -0.120. The van der Waals surface area contributed by atoms with Crippen LogP contribution in [0.15, 0.2) is 35.7 Å². The molecule has 0 aromatic heterocycles. The summed E-state index contributed by atoms with van der Waals surface area (Å²) in [6.45, 7) is 10.1. The van der Waals surface area contributed by atoms with Crippen molar-refractivity contribution in [3.05, 3.63) is 35.7 Å². The highest BCUT2D eigenvalue weighted by molar-refractivity contribution is 6.42. The van der Waals surface area contributed by atoms with Crippen LogP contribution in [0, 0.1) is 17.8 Å².